The summed E-state index contributed by atoms with van der Waals surface area (Å²) in [5.41, 5.74) is 8.85. The van der Waals surface area contributed by atoms with Gasteiger partial charge in [-0.25, -0.2) is 4.79 Å². The topological polar surface area (TPSA) is 152 Å². The Bertz CT molecular complexity index is 1480. The number of rotatable bonds is 12. The molecule has 0 aromatic heterocycles. The highest BCUT2D eigenvalue weighted by Crippen LogP contribution is 2.23. The summed E-state index contributed by atoms with van der Waals surface area (Å²) in [5, 5.41) is 4.75. The normalized spacial score (nSPS) is 12.0. The number of halogens is 3. The van der Waals surface area contributed by atoms with Gasteiger partial charge in [0, 0.05) is 28.5 Å². The number of benzene rings is 2. The highest BCUT2D eigenvalue weighted by Gasteiger charge is 2.42. The van der Waals surface area contributed by atoms with E-state index in [1.54, 1.807) is 68.6 Å². The number of hydrogen-bond donors (Lipinski definition) is 3. The molecule has 11 nitrogen and oxygen atoms in total. The number of amides is 3. The standard InChI is InChI=1S/C32H38F3N5O6/c1-6-7-17-46-31(44)39-28(36)23-10-13-24(14-11-23)37-16-8-9-22-12-15-25(18-21(22)4)40(20(2)3)29(42)26(19-27(41)45-5)38-30(43)32(33,34)35/h10-15,18,20,26,37H,6-7,16-17,19H2,1-5H3,(H,38,43)(H2,36,39,44). The second kappa shape index (κ2) is 17.4. The number of ether oxygens (including phenoxy) is 2. The Balaban J connectivity index is 2.12. The van der Waals surface area contributed by atoms with Crippen molar-refractivity contribution in [3.05, 3.63) is 59.2 Å². The van der Waals surface area contributed by atoms with E-state index >= 15 is 0 Å². The minimum absolute atomic E-state index is 0.0366. The number of nitrogens with zero attached hydrogens (tertiary/aromatic N) is 2. The highest BCUT2D eigenvalue weighted by atomic mass is 19.4. The van der Waals surface area contributed by atoms with Crippen LogP contribution in [-0.4, -0.2) is 68.2 Å². The molecule has 2 aromatic rings. The minimum Gasteiger partial charge on any atom is -0.469 e. The van der Waals surface area contributed by atoms with E-state index in [1.807, 2.05) is 6.92 Å². The van der Waals surface area contributed by atoms with E-state index < -0.39 is 48.6 Å². The highest BCUT2D eigenvalue weighted by molar-refractivity contribution is 6.03. The lowest BCUT2D eigenvalue weighted by atomic mass is 10.1. The zero-order chi connectivity index (χ0) is 34.4. The van der Waals surface area contributed by atoms with Crippen LogP contribution in [0.15, 0.2) is 47.5 Å². The molecule has 0 saturated heterocycles. The first-order valence-corrected chi connectivity index (χ1v) is 14.4. The zero-order valence-electron chi connectivity index (χ0n) is 26.3. The lowest BCUT2D eigenvalue weighted by molar-refractivity contribution is -0.175. The molecule has 0 bridgehead atoms. The Labute approximate surface area is 265 Å². The van der Waals surface area contributed by atoms with E-state index in [1.165, 1.54) is 4.90 Å². The Morgan fingerprint density at radius 3 is 2.33 bits per heavy atom. The van der Waals surface area contributed by atoms with Gasteiger partial charge in [-0.1, -0.05) is 25.2 Å². The number of amidine groups is 1. The molecule has 1 atom stereocenters. The molecule has 0 radical (unpaired) electrons. The van der Waals surface area contributed by atoms with Gasteiger partial charge in [0.25, 0.3) is 0 Å². The number of carbonyl (C=O) groups is 4. The van der Waals surface area contributed by atoms with Crippen LogP contribution >= 0.6 is 0 Å². The molecule has 0 spiro atoms. The number of esters is 1. The summed E-state index contributed by atoms with van der Waals surface area (Å²) < 4.78 is 48.3. The number of aliphatic imine (C=N–C) groups is 1. The van der Waals surface area contributed by atoms with E-state index in [9.17, 15) is 32.3 Å². The fraction of sp³-hybridized carbons (Fsp3) is 0.406. The molecule has 0 aliphatic heterocycles. The van der Waals surface area contributed by atoms with Crippen LogP contribution in [0.4, 0.5) is 29.3 Å². The first kappa shape index (κ1) is 37.1. The van der Waals surface area contributed by atoms with E-state index in [0.29, 0.717) is 22.4 Å². The Kier molecular flexibility index (Phi) is 14.1. The maximum absolute atomic E-state index is 13.4. The van der Waals surface area contributed by atoms with E-state index in [4.69, 9.17) is 10.5 Å². The summed E-state index contributed by atoms with van der Waals surface area (Å²) in [7, 11) is 1.02. The average molecular weight is 646 g/mol. The first-order chi connectivity index (χ1) is 21.7. The van der Waals surface area contributed by atoms with Gasteiger partial charge in [0.15, 0.2) is 0 Å². The lowest BCUT2D eigenvalue weighted by Gasteiger charge is -2.31. The summed E-state index contributed by atoms with van der Waals surface area (Å²) in [5.74, 6) is 1.84. The largest absolute Gasteiger partial charge is 0.471 e. The van der Waals surface area contributed by atoms with Crippen molar-refractivity contribution in [3.63, 3.8) is 0 Å². The predicted octanol–water partition coefficient (Wildman–Crippen LogP) is 4.45. The van der Waals surface area contributed by atoms with Crippen LogP contribution in [0.5, 0.6) is 0 Å². The molecule has 46 heavy (non-hydrogen) atoms. The summed E-state index contributed by atoms with van der Waals surface area (Å²) in [6.07, 6.45) is -5.15. The van der Waals surface area contributed by atoms with Crippen molar-refractivity contribution in [2.75, 3.05) is 30.5 Å². The lowest BCUT2D eigenvalue weighted by Crippen LogP contribution is -2.54. The average Bonchev–Trinajstić information content (AvgIpc) is 2.99. The molecule has 4 N–H and O–H groups in total. The van der Waals surface area contributed by atoms with Crippen molar-refractivity contribution >= 4 is 41.1 Å². The third-order valence-electron chi connectivity index (χ3n) is 6.42. The molecule has 2 aromatic carbocycles. The first-order valence-electron chi connectivity index (χ1n) is 14.4. The van der Waals surface area contributed by atoms with Crippen molar-refractivity contribution in [3.8, 4) is 11.8 Å². The number of aryl methyl sites for hydroxylation is 1. The maximum Gasteiger partial charge on any atom is 0.471 e. The molecule has 2 rings (SSSR count). The van der Waals surface area contributed by atoms with Gasteiger partial charge < -0.3 is 30.7 Å². The van der Waals surface area contributed by atoms with E-state index in [2.05, 4.69) is 26.9 Å². The molecule has 14 heteroatoms. The molecular formula is C32H38F3N5O6. The number of anilines is 2. The molecule has 248 valence electrons. The Morgan fingerprint density at radius 1 is 1.09 bits per heavy atom. The Morgan fingerprint density at radius 2 is 1.76 bits per heavy atom. The van der Waals surface area contributed by atoms with Crippen molar-refractivity contribution in [2.45, 2.75) is 65.2 Å². The number of carbonyl (C=O) groups excluding carboxylic acids is 4. The van der Waals surface area contributed by atoms with Gasteiger partial charge in [-0.05, 0) is 75.2 Å². The van der Waals surface area contributed by atoms with Crippen LogP contribution in [-0.2, 0) is 23.9 Å². The second-order valence-corrected chi connectivity index (χ2v) is 10.3. The molecule has 3 amide bonds. The van der Waals surface area contributed by atoms with Crippen molar-refractivity contribution in [1.29, 1.82) is 0 Å². The predicted molar refractivity (Wildman–Crippen MR) is 167 cm³/mol. The van der Waals surface area contributed by atoms with Crippen LogP contribution in [0.1, 0.15) is 56.7 Å². The van der Waals surface area contributed by atoms with E-state index in [0.717, 1.165) is 25.6 Å². The fourth-order valence-electron chi connectivity index (χ4n) is 4.02. The summed E-state index contributed by atoms with van der Waals surface area (Å²) in [4.78, 5) is 53.5. The third kappa shape index (κ3) is 11.5. The van der Waals surface area contributed by atoms with Crippen LogP contribution in [0.3, 0.4) is 0 Å². The molecule has 0 aliphatic carbocycles. The SMILES string of the molecule is CCCCOC(=O)N=C(N)c1ccc(NCC#Cc2ccc(N(C(=O)C(CC(=O)OC)NC(=O)C(F)(F)F)C(C)C)cc2C)cc1. The van der Waals surface area contributed by atoms with Gasteiger partial charge >= 0.3 is 24.1 Å². The van der Waals surface area contributed by atoms with Gasteiger partial charge in [0.05, 0.1) is 26.7 Å². The number of hydrogen-bond acceptors (Lipinski definition) is 7. The van der Waals surface area contributed by atoms with Crippen LogP contribution in [0.2, 0.25) is 0 Å². The third-order valence-corrected chi connectivity index (χ3v) is 6.42. The van der Waals surface area contributed by atoms with Crippen LogP contribution in [0.25, 0.3) is 0 Å². The van der Waals surface area contributed by atoms with Gasteiger partial charge in [-0.3, -0.25) is 14.4 Å². The van der Waals surface area contributed by atoms with Crippen molar-refractivity contribution in [1.82, 2.24) is 5.32 Å². The number of methoxy groups -OCH3 is 1. The molecule has 0 aliphatic rings. The molecule has 0 fully saturated rings. The van der Waals surface area contributed by atoms with Gasteiger partial charge in [-0.2, -0.15) is 18.2 Å². The maximum atomic E-state index is 13.4. The molecular weight excluding hydrogens is 607 g/mol. The minimum atomic E-state index is -5.25. The number of nitrogens with two attached hydrogens (primary N) is 1. The number of alkyl halides is 3. The number of nitrogens with one attached hydrogen (secondary N) is 2. The number of unbranched alkanes of at least 4 members (excludes halogenated alkanes) is 1. The van der Waals surface area contributed by atoms with Crippen LogP contribution < -0.4 is 21.3 Å². The van der Waals surface area contributed by atoms with Crippen LogP contribution in [0, 0.1) is 18.8 Å². The summed E-state index contributed by atoms with van der Waals surface area (Å²) >= 11 is 0. The molecule has 0 heterocycles. The van der Waals surface area contributed by atoms with Crippen molar-refractivity contribution in [2.24, 2.45) is 10.7 Å². The van der Waals surface area contributed by atoms with Gasteiger partial charge in [0.2, 0.25) is 5.91 Å². The second-order valence-electron chi connectivity index (χ2n) is 10.3. The van der Waals surface area contributed by atoms with Crippen molar-refractivity contribution < 1.29 is 41.8 Å². The fourth-order valence-corrected chi connectivity index (χ4v) is 4.02. The summed E-state index contributed by atoms with van der Waals surface area (Å²) in [6, 6.07) is 9.44. The summed E-state index contributed by atoms with van der Waals surface area (Å²) in [6.45, 7) is 7.58. The zero-order valence-corrected chi connectivity index (χ0v) is 26.3. The molecule has 0 saturated carbocycles. The molecule has 1 unspecified atom stereocenters. The quantitative estimate of drug-likeness (QED) is 0.101. The van der Waals surface area contributed by atoms with E-state index in [-0.39, 0.29) is 19.0 Å². The van der Waals surface area contributed by atoms with Gasteiger partial charge in [-0.15, -0.1) is 0 Å². The smallest absolute Gasteiger partial charge is 0.469 e. The monoisotopic (exact) mass is 645 g/mol. The van der Waals surface area contributed by atoms with Gasteiger partial charge in [0.1, 0.15) is 11.9 Å². The Hall–Kier alpha value is -5.06.